The lowest BCUT2D eigenvalue weighted by Crippen LogP contribution is -2.30. The summed E-state index contributed by atoms with van der Waals surface area (Å²) in [6, 6.07) is 11.8. The molecule has 1 amide bonds. The summed E-state index contributed by atoms with van der Waals surface area (Å²) in [6.45, 7) is -0.554. The quantitative estimate of drug-likeness (QED) is 0.525. The summed E-state index contributed by atoms with van der Waals surface area (Å²) in [7, 11) is 0. The molecule has 7 nitrogen and oxygen atoms in total. The number of aromatic nitrogens is 2. The van der Waals surface area contributed by atoms with Crippen molar-refractivity contribution in [2.45, 2.75) is 6.61 Å². The van der Waals surface area contributed by atoms with Crippen LogP contribution in [-0.2, 0) is 16.1 Å². The van der Waals surface area contributed by atoms with E-state index in [2.05, 4.69) is 31.4 Å². The lowest BCUT2D eigenvalue weighted by atomic mass is 10.2. The Bertz CT molecular complexity index is 1030. The second kappa shape index (κ2) is 9.18. The minimum absolute atomic E-state index is 0.135. The van der Waals surface area contributed by atoms with Gasteiger partial charge in [0.2, 0.25) is 5.82 Å². The highest BCUT2D eigenvalue weighted by Gasteiger charge is 2.14. The van der Waals surface area contributed by atoms with E-state index < -0.39 is 11.9 Å². The molecule has 0 aliphatic carbocycles. The van der Waals surface area contributed by atoms with Crippen molar-refractivity contribution < 1.29 is 18.8 Å². The van der Waals surface area contributed by atoms with Gasteiger partial charge in [0, 0.05) is 15.1 Å². The van der Waals surface area contributed by atoms with Gasteiger partial charge in [0.1, 0.15) is 6.54 Å². The van der Waals surface area contributed by atoms with Gasteiger partial charge in [-0.05, 0) is 30.3 Å². The number of benzene rings is 2. The zero-order chi connectivity index (χ0) is 20.1. The first-order valence-electron chi connectivity index (χ1n) is 7.90. The molecule has 0 radical (unpaired) electrons. The minimum Gasteiger partial charge on any atom is -0.454 e. The van der Waals surface area contributed by atoms with Crippen molar-refractivity contribution in [2.24, 2.45) is 0 Å². The van der Waals surface area contributed by atoms with Crippen LogP contribution in [0.25, 0.3) is 11.4 Å². The molecule has 0 aliphatic heterocycles. The highest BCUT2D eigenvalue weighted by atomic mass is 79.9. The van der Waals surface area contributed by atoms with Crippen molar-refractivity contribution in [3.8, 4) is 11.4 Å². The lowest BCUT2D eigenvalue weighted by molar-refractivity contribution is -0.144. The number of esters is 1. The van der Waals surface area contributed by atoms with E-state index in [1.165, 1.54) is 18.2 Å². The van der Waals surface area contributed by atoms with E-state index in [-0.39, 0.29) is 29.6 Å². The Morgan fingerprint density at radius 1 is 1.18 bits per heavy atom. The van der Waals surface area contributed by atoms with Crippen molar-refractivity contribution in [3.63, 3.8) is 0 Å². The molecule has 0 saturated carbocycles. The highest BCUT2D eigenvalue weighted by molar-refractivity contribution is 9.10. The van der Waals surface area contributed by atoms with Crippen molar-refractivity contribution in [2.75, 3.05) is 6.54 Å². The van der Waals surface area contributed by atoms with Gasteiger partial charge >= 0.3 is 5.97 Å². The first-order chi connectivity index (χ1) is 13.4. The number of halogens is 3. The molecule has 0 aliphatic rings. The van der Waals surface area contributed by atoms with Crippen molar-refractivity contribution in [1.29, 1.82) is 0 Å². The summed E-state index contributed by atoms with van der Waals surface area (Å²) in [6.07, 6.45) is 0. The number of carbonyl (C=O) groups is 2. The number of carbonyl (C=O) groups excluding carboxylic acids is 2. The summed E-state index contributed by atoms with van der Waals surface area (Å²) in [5.74, 6) is -0.678. The van der Waals surface area contributed by atoms with E-state index in [4.69, 9.17) is 32.5 Å². The Labute approximate surface area is 178 Å². The standard InChI is InChI=1S/C18H12BrCl2N3O4/c19-11-3-1-2-10(6-11)17-23-15(28-24-17)9-27-16(25)8-22-18(26)13-5-4-12(20)7-14(13)21/h1-7H,8-9H2,(H,22,26). The summed E-state index contributed by atoms with van der Waals surface area (Å²) in [5.41, 5.74) is 0.956. The monoisotopic (exact) mass is 483 g/mol. The summed E-state index contributed by atoms with van der Waals surface area (Å²) in [4.78, 5) is 28.0. The van der Waals surface area contributed by atoms with Crippen molar-refractivity contribution >= 4 is 51.0 Å². The average molecular weight is 485 g/mol. The third-order valence-corrected chi connectivity index (χ3v) is 4.52. The number of hydrogen-bond donors (Lipinski definition) is 1. The Balaban J connectivity index is 1.50. The molecule has 28 heavy (non-hydrogen) atoms. The molecule has 0 saturated heterocycles. The van der Waals surface area contributed by atoms with Gasteiger partial charge < -0.3 is 14.6 Å². The van der Waals surface area contributed by atoms with Gasteiger partial charge in [-0.15, -0.1) is 0 Å². The fourth-order valence-corrected chi connectivity index (χ4v) is 3.07. The summed E-state index contributed by atoms with van der Waals surface area (Å²) >= 11 is 15.1. The zero-order valence-corrected chi connectivity index (χ0v) is 17.2. The maximum absolute atomic E-state index is 12.1. The van der Waals surface area contributed by atoms with Crippen LogP contribution in [0.15, 0.2) is 51.5 Å². The molecular weight excluding hydrogens is 473 g/mol. The third kappa shape index (κ3) is 5.31. The van der Waals surface area contributed by atoms with Gasteiger partial charge in [-0.1, -0.05) is 56.4 Å². The van der Waals surface area contributed by atoms with Gasteiger partial charge in [-0.25, -0.2) is 0 Å². The molecule has 3 aromatic rings. The number of hydrogen-bond acceptors (Lipinski definition) is 6. The molecular formula is C18H12BrCl2N3O4. The predicted octanol–water partition coefficient (Wildman–Crippen LogP) is 4.28. The Kier molecular flexibility index (Phi) is 6.66. The van der Waals surface area contributed by atoms with E-state index >= 15 is 0 Å². The molecule has 0 fully saturated rings. The van der Waals surface area contributed by atoms with Crippen LogP contribution in [0.5, 0.6) is 0 Å². The molecule has 0 unspecified atom stereocenters. The van der Waals surface area contributed by atoms with Crippen LogP contribution in [0.2, 0.25) is 10.0 Å². The van der Waals surface area contributed by atoms with Crippen molar-refractivity contribution in [1.82, 2.24) is 15.5 Å². The van der Waals surface area contributed by atoms with Gasteiger partial charge in [0.05, 0.1) is 10.6 Å². The number of rotatable bonds is 6. The second-order valence-corrected chi connectivity index (χ2v) is 7.25. The highest BCUT2D eigenvalue weighted by Crippen LogP contribution is 2.21. The fraction of sp³-hybridized carbons (Fsp3) is 0.111. The van der Waals surface area contributed by atoms with E-state index in [1.54, 1.807) is 0 Å². The molecule has 1 heterocycles. The average Bonchev–Trinajstić information content (AvgIpc) is 3.13. The van der Waals surface area contributed by atoms with Gasteiger partial charge in [-0.3, -0.25) is 9.59 Å². The fourth-order valence-electron chi connectivity index (χ4n) is 2.17. The number of amides is 1. The number of nitrogens with one attached hydrogen (secondary N) is 1. The molecule has 3 rings (SSSR count). The van der Waals surface area contributed by atoms with Gasteiger partial charge in [0.15, 0.2) is 6.61 Å². The van der Waals surface area contributed by atoms with Crippen LogP contribution in [0.1, 0.15) is 16.2 Å². The molecule has 1 N–H and O–H groups in total. The predicted molar refractivity (Wildman–Crippen MR) is 106 cm³/mol. The Hall–Kier alpha value is -2.42. The SMILES string of the molecule is O=C(CNC(=O)c1ccc(Cl)cc1Cl)OCc1nc(-c2cccc(Br)c2)no1. The molecule has 0 bridgehead atoms. The van der Waals surface area contributed by atoms with Crippen LogP contribution in [0, 0.1) is 0 Å². The molecule has 0 atom stereocenters. The largest absolute Gasteiger partial charge is 0.454 e. The second-order valence-electron chi connectivity index (χ2n) is 5.49. The van der Waals surface area contributed by atoms with Gasteiger partial charge in [-0.2, -0.15) is 4.98 Å². The molecule has 0 spiro atoms. The van der Waals surface area contributed by atoms with E-state index in [1.807, 2.05) is 24.3 Å². The molecule has 144 valence electrons. The first-order valence-corrected chi connectivity index (χ1v) is 9.44. The molecule has 10 heteroatoms. The van der Waals surface area contributed by atoms with Crippen molar-refractivity contribution in [3.05, 3.63) is 68.4 Å². The topological polar surface area (TPSA) is 94.3 Å². The van der Waals surface area contributed by atoms with E-state index in [0.29, 0.717) is 10.8 Å². The van der Waals surface area contributed by atoms with Crippen LogP contribution in [0.3, 0.4) is 0 Å². The van der Waals surface area contributed by atoms with Crippen LogP contribution < -0.4 is 5.32 Å². The lowest BCUT2D eigenvalue weighted by Gasteiger charge is -2.06. The normalized spacial score (nSPS) is 10.5. The maximum Gasteiger partial charge on any atom is 0.325 e. The Morgan fingerprint density at radius 2 is 2.00 bits per heavy atom. The van der Waals surface area contributed by atoms with Gasteiger partial charge in [0.25, 0.3) is 11.8 Å². The van der Waals surface area contributed by atoms with Crippen LogP contribution >= 0.6 is 39.1 Å². The zero-order valence-electron chi connectivity index (χ0n) is 14.1. The van der Waals surface area contributed by atoms with Crippen LogP contribution in [0.4, 0.5) is 0 Å². The van der Waals surface area contributed by atoms with E-state index in [9.17, 15) is 9.59 Å². The van der Waals surface area contributed by atoms with Crippen LogP contribution in [-0.4, -0.2) is 28.6 Å². The summed E-state index contributed by atoms with van der Waals surface area (Å²) < 4.78 is 11.0. The number of nitrogens with zero attached hydrogens (tertiary/aromatic N) is 2. The smallest absolute Gasteiger partial charge is 0.325 e. The molecule has 1 aromatic heterocycles. The maximum atomic E-state index is 12.1. The summed E-state index contributed by atoms with van der Waals surface area (Å²) in [5, 5.41) is 6.85. The Morgan fingerprint density at radius 3 is 2.75 bits per heavy atom. The number of ether oxygens (including phenoxy) is 1. The minimum atomic E-state index is -0.666. The van der Waals surface area contributed by atoms with E-state index in [0.717, 1.165) is 10.0 Å². The molecule has 2 aromatic carbocycles. The third-order valence-electron chi connectivity index (χ3n) is 3.48. The first kappa shape index (κ1) is 20.3.